The lowest BCUT2D eigenvalue weighted by Gasteiger charge is -2.21. The average molecular weight is 459 g/mol. The lowest BCUT2D eigenvalue weighted by molar-refractivity contribution is -0.274. The van der Waals surface area contributed by atoms with E-state index in [2.05, 4.69) is 25.0 Å². The number of halogens is 3. The number of anilines is 2. The van der Waals surface area contributed by atoms with E-state index in [-0.39, 0.29) is 17.2 Å². The van der Waals surface area contributed by atoms with Gasteiger partial charge in [-0.05, 0) is 30.3 Å². The van der Waals surface area contributed by atoms with E-state index >= 15 is 0 Å². The molecule has 1 aliphatic rings. The van der Waals surface area contributed by atoms with Crippen molar-refractivity contribution in [3.63, 3.8) is 0 Å². The van der Waals surface area contributed by atoms with Gasteiger partial charge in [-0.3, -0.25) is 4.79 Å². The van der Waals surface area contributed by atoms with E-state index in [1.54, 1.807) is 18.5 Å². The first-order valence-corrected chi connectivity index (χ1v) is 10.1. The van der Waals surface area contributed by atoms with Crippen molar-refractivity contribution >= 4 is 17.4 Å². The summed E-state index contributed by atoms with van der Waals surface area (Å²) in [6, 6.07) is 6.47. The second-order valence-electron chi connectivity index (χ2n) is 7.70. The molecular formula is C22H20F3N5O3. The summed E-state index contributed by atoms with van der Waals surface area (Å²) >= 11 is 0. The number of hydrogen-bond donors (Lipinski definition) is 2. The molecule has 2 N–H and O–H groups in total. The number of nitrogens with one attached hydrogen (secondary N) is 1. The highest BCUT2D eigenvalue weighted by Crippen LogP contribution is 2.33. The molecule has 0 aliphatic carbocycles. The van der Waals surface area contributed by atoms with E-state index in [0.717, 1.165) is 12.1 Å². The lowest BCUT2D eigenvalue weighted by atomic mass is 10.1. The van der Waals surface area contributed by atoms with Gasteiger partial charge in [-0.1, -0.05) is 6.92 Å². The van der Waals surface area contributed by atoms with Crippen LogP contribution in [0.2, 0.25) is 0 Å². The molecule has 1 aliphatic heterocycles. The maximum absolute atomic E-state index is 12.8. The number of amides is 1. The molecule has 1 amide bonds. The van der Waals surface area contributed by atoms with Crippen LogP contribution in [0.5, 0.6) is 5.75 Å². The van der Waals surface area contributed by atoms with E-state index in [0.29, 0.717) is 35.7 Å². The second kappa shape index (κ2) is 9.02. The average Bonchev–Trinajstić information content (AvgIpc) is 3.12. The maximum Gasteiger partial charge on any atom is 0.573 e. The molecule has 0 radical (unpaired) electrons. The molecule has 4 rings (SSSR count). The molecule has 2 aromatic heterocycles. The zero-order chi connectivity index (χ0) is 23.6. The van der Waals surface area contributed by atoms with Gasteiger partial charge in [0.2, 0.25) is 0 Å². The predicted molar refractivity (Wildman–Crippen MR) is 114 cm³/mol. The fourth-order valence-electron chi connectivity index (χ4n) is 3.55. The molecule has 0 unspecified atom stereocenters. The molecule has 3 aromatic rings. The topological polar surface area (TPSA) is 100 Å². The van der Waals surface area contributed by atoms with Gasteiger partial charge in [0.1, 0.15) is 17.9 Å². The highest BCUT2D eigenvalue weighted by atomic mass is 19.4. The zero-order valence-corrected chi connectivity index (χ0v) is 17.5. The van der Waals surface area contributed by atoms with E-state index < -0.39 is 18.4 Å². The number of carbonyl (C=O) groups is 1. The molecule has 0 bridgehead atoms. The fraction of sp³-hybridized carbons (Fsp3) is 0.273. The smallest absolute Gasteiger partial charge is 0.406 e. The number of β-amino-alcohol motifs (C(OH)–C–C–N with tert-alkyl or cyclic N) is 1. The van der Waals surface area contributed by atoms with Crippen LogP contribution in [-0.2, 0) is 0 Å². The van der Waals surface area contributed by atoms with E-state index in [9.17, 15) is 23.1 Å². The summed E-state index contributed by atoms with van der Waals surface area (Å²) in [6.45, 7) is 2.96. The Bertz CT molecular complexity index is 1120. The highest BCUT2D eigenvalue weighted by Gasteiger charge is 2.31. The van der Waals surface area contributed by atoms with Crippen LogP contribution in [0.1, 0.15) is 17.3 Å². The summed E-state index contributed by atoms with van der Waals surface area (Å²) in [7, 11) is 0. The Balaban J connectivity index is 1.58. The van der Waals surface area contributed by atoms with E-state index in [1.165, 1.54) is 24.7 Å². The molecule has 2 atom stereocenters. The minimum atomic E-state index is -4.79. The molecule has 0 saturated carbocycles. The van der Waals surface area contributed by atoms with Gasteiger partial charge in [0.15, 0.2) is 0 Å². The molecule has 1 fully saturated rings. The standard InChI is InChI=1S/C22H20F3N5O3/c1-13-10-30(11-19(13)31)20-18(15-7-26-12-27-8-15)6-14(9-28-20)21(32)29-16-2-4-17(5-3-16)33-22(23,24)25/h2-9,12-13,19,31H,10-11H2,1H3,(H,29,32)/t13-,19-/m0/s1. The highest BCUT2D eigenvalue weighted by molar-refractivity contribution is 6.05. The predicted octanol–water partition coefficient (Wildman–Crippen LogP) is 3.51. The van der Waals surface area contributed by atoms with Crippen LogP contribution in [0.15, 0.2) is 55.2 Å². The molecule has 172 valence electrons. The Labute approximate surface area is 187 Å². The van der Waals surface area contributed by atoms with Crippen LogP contribution in [0, 0.1) is 5.92 Å². The number of rotatable bonds is 5. The molecule has 11 heteroatoms. The normalized spacial score (nSPS) is 18.3. The van der Waals surface area contributed by atoms with Gasteiger partial charge in [0, 0.05) is 54.4 Å². The van der Waals surface area contributed by atoms with Crippen LogP contribution in [-0.4, -0.2) is 51.5 Å². The summed E-state index contributed by atoms with van der Waals surface area (Å²) in [5.41, 5.74) is 1.80. The Morgan fingerprint density at radius 1 is 1.15 bits per heavy atom. The molecular weight excluding hydrogens is 439 g/mol. The molecule has 3 heterocycles. The summed E-state index contributed by atoms with van der Waals surface area (Å²) in [4.78, 5) is 27.3. The van der Waals surface area contributed by atoms with Gasteiger partial charge in [0.25, 0.3) is 5.91 Å². The van der Waals surface area contributed by atoms with Gasteiger partial charge in [-0.25, -0.2) is 15.0 Å². The first kappa shape index (κ1) is 22.5. The lowest BCUT2D eigenvalue weighted by Crippen LogP contribution is -2.23. The first-order valence-electron chi connectivity index (χ1n) is 10.1. The van der Waals surface area contributed by atoms with E-state index in [1.807, 2.05) is 11.8 Å². The minimum absolute atomic E-state index is 0.0685. The third-order valence-electron chi connectivity index (χ3n) is 5.22. The summed E-state index contributed by atoms with van der Waals surface area (Å²) in [6.07, 6.45) is 0.725. The van der Waals surface area contributed by atoms with Crippen molar-refractivity contribution in [2.75, 3.05) is 23.3 Å². The fourth-order valence-corrected chi connectivity index (χ4v) is 3.55. The minimum Gasteiger partial charge on any atom is -0.406 e. The third kappa shape index (κ3) is 5.37. The van der Waals surface area contributed by atoms with Gasteiger partial charge in [-0.15, -0.1) is 13.2 Å². The number of pyridine rings is 1. The van der Waals surface area contributed by atoms with E-state index in [4.69, 9.17) is 0 Å². The number of aromatic nitrogens is 3. The third-order valence-corrected chi connectivity index (χ3v) is 5.22. The van der Waals surface area contributed by atoms with Gasteiger partial charge >= 0.3 is 6.36 Å². The Kier molecular flexibility index (Phi) is 6.14. The van der Waals surface area contributed by atoms with Gasteiger partial charge in [0.05, 0.1) is 11.7 Å². The SMILES string of the molecule is C[C@H]1CN(c2ncc(C(=O)Nc3ccc(OC(F)(F)F)cc3)cc2-c2cncnc2)C[C@@H]1O. The number of nitrogens with zero attached hydrogens (tertiary/aromatic N) is 4. The first-order chi connectivity index (χ1) is 15.7. The zero-order valence-electron chi connectivity index (χ0n) is 17.5. The largest absolute Gasteiger partial charge is 0.573 e. The van der Waals surface area contributed by atoms with Crippen LogP contribution >= 0.6 is 0 Å². The number of aliphatic hydroxyl groups is 1. The number of ether oxygens (including phenoxy) is 1. The van der Waals surface area contributed by atoms with Crippen LogP contribution < -0.4 is 15.0 Å². The van der Waals surface area contributed by atoms with Crippen molar-refractivity contribution in [1.29, 1.82) is 0 Å². The molecule has 8 nitrogen and oxygen atoms in total. The van der Waals surface area contributed by atoms with Crippen molar-refractivity contribution in [2.45, 2.75) is 19.4 Å². The Morgan fingerprint density at radius 2 is 1.85 bits per heavy atom. The van der Waals surface area contributed by atoms with Crippen molar-refractivity contribution in [1.82, 2.24) is 15.0 Å². The number of hydrogen-bond acceptors (Lipinski definition) is 7. The monoisotopic (exact) mass is 459 g/mol. The van der Waals surface area contributed by atoms with Crippen molar-refractivity contribution in [3.05, 3.63) is 60.8 Å². The number of carbonyl (C=O) groups excluding carboxylic acids is 1. The summed E-state index contributed by atoms with van der Waals surface area (Å²) in [5.74, 6) is -0.219. The maximum atomic E-state index is 12.8. The Hall–Kier alpha value is -3.73. The van der Waals surface area contributed by atoms with Crippen LogP contribution in [0.3, 0.4) is 0 Å². The van der Waals surface area contributed by atoms with Gasteiger partial charge in [-0.2, -0.15) is 0 Å². The van der Waals surface area contributed by atoms with Crippen LogP contribution in [0.25, 0.3) is 11.1 Å². The van der Waals surface area contributed by atoms with Gasteiger partial charge < -0.3 is 20.1 Å². The quantitative estimate of drug-likeness (QED) is 0.602. The number of benzene rings is 1. The second-order valence-corrected chi connectivity index (χ2v) is 7.70. The Morgan fingerprint density at radius 3 is 2.45 bits per heavy atom. The molecule has 1 aromatic carbocycles. The summed E-state index contributed by atoms with van der Waals surface area (Å²) < 4.78 is 40.8. The number of aliphatic hydroxyl groups excluding tert-OH is 1. The van der Waals surface area contributed by atoms with Crippen molar-refractivity contribution < 1.29 is 27.8 Å². The molecule has 0 spiro atoms. The molecule has 33 heavy (non-hydrogen) atoms. The molecule has 1 saturated heterocycles. The summed E-state index contributed by atoms with van der Waals surface area (Å²) in [5, 5.41) is 12.8. The number of alkyl halides is 3. The van der Waals surface area contributed by atoms with Crippen molar-refractivity contribution in [3.8, 4) is 16.9 Å². The van der Waals surface area contributed by atoms with Crippen molar-refractivity contribution in [2.24, 2.45) is 5.92 Å². The van der Waals surface area contributed by atoms with Crippen LogP contribution in [0.4, 0.5) is 24.7 Å².